The molecule has 1 aromatic carbocycles. The number of anilines is 2. The molecule has 82 valence electrons. The molecule has 0 spiro atoms. The van der Waals surface area contributed by atoms with E-state index in [1.54, 1.807) is 12.3 Å². The van der Waals surface area contributed by atoms with Crippen LogP contribution in [0, 0.1) is 0 Å². The molecule has 0 saturated heterocycles. The van der Waals surface area contributed by atoms with E-state index in [0.29, 0.717) is 16.0 Å². The lowest BCUT2D eigenvalue weighted by atomic mass is 10.3. The molecule has 0 atom stereocenters. The standard InChI is InChI=1S/C10H6BrCl2N3/c11-7-5-6(1-2-8(7)12)16-10-9(13)14-3-4-15-10/h1-5H,(H,15,16). The van der Waals surface area contributed by atoms with Crippen LogP contribution in [0.3, 0.4) is 0 Å². The minimum absolute atomic E-state index is 0.327. The van der Waals surface area contributed by atoms with Crippen LogP contribution in [-0.2, 0) is 0 Å². The highest BCUT2D eigenvalue weighted by atomic mass is 79.9. The zero-order valence-electron chi connectivity index (χ0n) is 7.92. The SMILES string of the molecule is Clc1ccc(Nc2nccnc2Cl)cc1Br. The Kier molecular flexibility index (Phi) is 3.63. The molecule has 3 nitrogen and oxygen atoms in total. The average molecular weight is 319 g/mol. The fourth-order valence-electron chi connectivity index (χ4n) is 1.12. The summed E-state index contributed by atoms with van der Waals surface area (Å²) in [7, 11) is 0. The monoisotopic (exact) mass is 317 g/mol. The minimum atomic E-state index is 0.327. The van der Waals surface area contributed by atoms with Gasteiger partial charge in [0.05, 0.1) is 5.02 Å². The molecule has 0 aliphatic carbocycles. The topological polar surface area (TPSA) is 37.8 Å². The highest BCUT2D eigenvalue weighted by molar-refractivity contribution is 9.10. The molecule has 1 aromatic heterocycles. The lowest BCUT2D eigenvalue weighted by molar-refractivity contribution is 1.20. The second kappa shape index (κ2) is 4.99. The van der Waals surface area contributed by atoms with Crippen LogP contribution >= 0.6 is 39.1 Å². The Balaban J connectivity index is 2.28. The van der Waals surface area contributed by atoms with Crippen LogP contribution in [-0.4, -0.2) is 9.97 Å². The first-order valence-corrected chi connectivity index (χ1v) is 5.90. The van der Waals surface area contributed by atoms with E-state index in [0.717, 1.165) is 10.2 Å². The number of hydrogen-bond donors (Lipinski definition) is 1. The van der Waals surface area contributed by atoms with E-state index in [2.05, 4.69) is 31.2 Å². The highest BCUT2D eigenvalue weighted by Gasteiger charge is 2.04. The first-order chi connectivity index (χ1) is 7.66. The summed E-state index contributed by atoms with van der Waals surface area (Å²) in [6.07, 6.45) is 3.10. The Morgan fingerprint density at radius 1 is 1.12 bits per heavy atom. The molecule has 6 heteroatoms. The van der Waals surface area contributed by atoms with Crippen molar-refractivity contribution >= 4 is 50.6 Å². The molecule has 0 unspecified atom stereocenters. The molecule has 16 heavy (non-hydrogen) atoms. The van der Waals surface area contributed by atoms with Gasteiger partial charge in [-0.3, -0.25) is 0 Å². The van der Waals surface area contributed by atoms with Crippen molar-refractivity contribution in [2.45, 2.75) is 0 Å². The molecule has 0 aliphatic rings. The Hall–Kier alpha value is -0.840. The Labute approximate surface area is 111 Å². The Morgan fingerprint density at radius 3 is 2.56 bits per heavy atom. The van der Waals surface area contributed by atoms with Crippen LogP contribution in [0.15, 0.2) is 35.1 Å². The van der Waals surface area contributed by atoms with E-state index in [-0.39, 0.29) is 0 Å². The third-order valence-corrected chi connectivity index (χ3v) is 3.33. The van der Waals surface area contributed by atoms with Crippen molar-refractivity contribution in [2.75, 3.05) is 5.32 Å². The molecule has 1 N–H and O–H groups in total. The van der Waals surface area contributed by atoms with E-state index in [1.807, 2.05) is 12.1 Å². The molecule has 2 rings (SSSR count). The van der Waals surface area contributed by atoms with Gasteiger partial charge in [0.2, 0.25) is 0 Å². The summed E-state index contributed by atoms with van der Waals surface area (Å²) in [5, 5.41) is 4.02. The predicted octanol–water partition coefficient (Wildman–Crippen LogP) is 4.29. The lowest BCUT2D eigenvalue weighted by Gasteiger charge is -2.07. The zero-order valence-corrected chi connectivity index (χ0v) is 11.0. The summed E-state index contributed by atoms with van der Waals surface area (Å²) in [4.78, 5) is 7.99. The maximum Gasteiger partial charge on any atom is 0.171 e. The summed E-state index contributed by atoms with van der Waals surface area (Å²) < 4.78 is 0.805. The van der Waals surface area contributed by atoms with Crippen molar-refractivity contribution in [3.05, 3.63) is 45.2 Å². The van der Waals surface area contributed by atoms with Gasteiger partial charge in [0, 0.05) is 22.6 Å². The molecule has 0 saturated carbocycles. The lowest BCUT2D eigenvalue weighted by Crippen LogP contribution is -1.95. The third kappa shape index (κ3) is 2.64. The molecule has 0 amide bonds. The van der Waals surface area contributed by atoms with E-state index in [4.69, 9.17) is 23.2 Å². The van der Waals surface area contributed by atoms with Gasteiger partial charge in [-0.05, 0) is 34.1 Å². The minimum Gasteiger partial charge on any atom is -0.338 e. The molecule has 0 bridgehead atoms. The Morgan fingerprint density at radius 2 is 1.88 bits per heavy atom. The number of nitrogens with zero attached hydrogens (tertiary/aromatic N) is 2. The predicted molar refractivity (Wildman–Crippen MR) is 69.5 cm³/mol. The van der Waals surface area contributed by atoms with Crippen molar-refractivity contribution in [3.8, 4) is 0 Å². The smallest absolute Gasteiger partial charge is 0.171 e. The number of halogens is 3. The van der Waals surface area contributed by atoms with Crippen LogP contribution in [0.2, 0.25) is 10.2 Å². The normalized spacial score (nSPS) is 10.2. The van der Waals surface area contributed by atoms with Crippen molar-refractivity contribution in [1.29, 1.82) is 0 Å². The molecule has 0 radical (unpaired) electrons. The van der Waals surface area contributed by atoms with Gasteiger partial charge >= 0.3 is 0 Å². The van der Waals surface area contributed by atoms with Crippen molar-refractivity contribution in [1.82, 2.24) is 9.97 Å². The van der Waals surface area contributed by atoms with Gasteiger partial charge in [-0.2, -0.15) is 0 Å². The Bertz CT molecular complexity index is 519. The summed E-state index contributed by atoms with van der Waals surface area (Å²) in [5.74, 6) is 0.512. The number of nitrogens with one attached hydrogen (secondary N) is 1. The van der Waals surface area contributed by atoms with Crippen LogP contribution in [0.5, 0.6) is 0 Å². The summed E-state index contributed by atoms with van der Waals surface area (Å²) >= 11 is 15.1. The molecule has 1 heterocycles. The average Bonchev–Trinajstić information content (AvgIpc) is 2.27. The highest BCUT2D eigenvalue weighted by Crippen LogP contribution is 2.28. The molecule has 2 aromatic rings. The second-order valence-corrected chi connectivity index (χ2v) is 4.57. The van der Waals surface area contributed by atoms with Crippen LogP contribution in [0.25, 0.3) is 0 Å². The van der Waals surface area contributed by atoms with Gasteiger partial charge in [-0.1, -0.05) is 23.2 Å². The number of rotatable bonds is 2. The van der Waals surface area contributed by atoms with Crippen LogP contribution in [0.4, 0.5) is 11.5 Å². The maximum absolute atomic E-state index is 5.89. The fourth-order valence-corrected chi connectivity index (χ4v) is 1.76. The summed E-state index contributed by atoms with van der Waals surface area (Å²) in [6, 6.07) is 5.45. The zero-order chi connectivity index (χ0) is 11.5. The summed E-state index contributed by atoms with van der Waals surface area (Å²) in [5.41, 5.74) is 0.832. The van der Waals surface area contributed by atoms with Gasteiger partial charge in [-0.25, -0.2) is 9.97 Å². The fraction of sp³-hybridized carbons (Fsp3) is 0. The number of benzene rings is 1. The number of hydrogen-bond acceptors (Lipinski definition) is 3. The quantitative estimate of drug-likeness (QED) is 0.897. The maximum atomic E-state index is 5.89. The van der Waals surface area contributed by atoms with E-state index < -0.39 is 0 Å². The van der Waals surface area contributed by atoms with Crippen molar-refractivity contribution in [3.63, 3.8) is 0 Å². The summed E-state index contributed by atoms with van der Waals surface area (Å²) in [6.45, 7) is 0. The molecule has 0 aliphatic heterocycles. The van der Waals surface area contributed by atoms with Gasteiger partial charge in [0.15, 0.2) is 11.0 Å². The van der Waals surface area contributed by atoms with Gasteiger partial charge in [0.1, 0.15) is 0 Å². The van der Waals surface area contributed by atoms with E-state index >= 15 is 0 Å². The van der Waals surface area contributed by atoms with Crippen molar-refractivity contribution in [2.24, 2.45) is 0 Å². The van der Waals surface area contributed by atoms with Gasteiger partial charge in [-0.15, -0.1) is 0 Å². The number of aromatic nitrogens is 2. The van der Waals surface area contributed by atoms with Crippen molar-refractivity contribution < 1.29 is 0 Å². The van der Waals surface area contributed by atoms with Gasteiger partial charge in [0.25, 0.3) is 0 Å². The first kappa shape index (κ1) is 11.6. The van der Waals surface area contributed by atoms with Crippen LogP contribution < -0.4 is 5.32 Å². The first-order valence-electron chi connectivity index (χ1n) is 4.35. The largest absolute Gasteiger partial charge is 0.338 e. The molecule has 0 fully saturated rings. The third-order valence-electron chi connectivity index (χ3n) is 1.84. The molecular formula is C10H6BrCl2N3. The van der Waals surface area contributed by atoms with Crippen LogP contribution in [0.1, 0.15) is 0 Å². The second-order valence-electron chi connectivity index (χ2n) is 2.95. The van der Waals surface area contributed by atoms with E-state index in [1.165, 1.54) is 6.20 Å². The van der Waals surface area contributed by atoms with Gasteiger partial charge < -0.3 is 5.32 Å². The van der Waals surface area contributed by atoms with E-state index in [9.17, 15) is 0 Å². The molecular weight excluding hydrogens is 313 g/mol.